The maximum Gasteiger partial charge on any atom is 0.321 e. The van der Waals surface area contributed by atoms with E-state index in [1.165, 1.54) is 0 Å². The molecule has 0 aliphatic heterocycles. The van der Waals surface area contributed by atoms with Gasteiger partial charge in [0.15, 0.2) is 0 Å². The van der Waals surface area contributed by atoms with Crippen LogP contribution in [0.25, 0.3) is 22.3 Å². The van der Waals surface area contributed by atoms with Gasteiger partial charge >= 0.3 is 5.92 Å². The Morgan fingerprint density at radius 3 is 2.14 bits per heavy atom. The number of hydrogen-bond acceptors (Lipinski definition) is 5. The fourth-order valence-electron chi connectivity index (χ4n) is 3.93. The van der Waals surface area contributed by atoms with Gasteiger partial charge in [0.05, 0.1) is 43.7 Å². The van der Waals surface area contributed by atoms with E-state index >= 15 is 0 Å². The molecule has 1 N–H and O–H groups in total. The third-order valence-electron chi connectivity index (χ3n) is 5.79. The van der Waals surface area contributed by atoms with E-state index in [0.29, 0.717) is 23.7 Å². The van der Waals surface area contributed by atoms with Crippen molar-refractivity contribution in [3.8, 4) is 22.8 Å². The van der Waals surface area contributed by atoms with E-state index in [0.717, 1.165) is 22.6 Å². The lowest BCUT2D eigenvalue weighted by Gasteiger charge is -2.27. The molecule has 0 spiro atoms. The first kappa shape index (κ1) is 24.1. The Kier molecular flexibility index (Phi) is 6.68. The first-order valence-corrected chi connectivity index (χ1v) is 11.0. The van der Waals surface area contributed by atoms with E-state index in [2.05, 4.69) is 10.4 Å². The van der Waals surface area contributed by atoms with E-state index in [1.807, 2.05) is 48.5 Å². The predicted octanol–water partition coefficient (Wildman–Crippen LogP) is 4.86. The maximum absolute atomic E-state index is 13.6. The average molecular weight is 481 g/mol. The van der Waals surface area contributed by atoms with E-state index in [-0.39, 0.29) is 0 Å². The summed E-state index contributed by atoms with van der Waals surface area (Å²) in [5, 5.41) is 6.97. The van der Waals surface area contributed by atoms with Crippen LogP contribution in [0.1, 0.15) is 25.5 Å². The van der Waals surface area contributed by atoms with Crippen LogP contribution in [0.5, 0.6) is 11.5 Å². The van der Waals surface area contributed by atoms with Gasteiger partial charge in [0.25, 0.3) is 5.91 Å². The molecule has 2 aromatic carbocycles. The number of carbonyl (C=O) groups excluding carboxylic acids is 1. The quantitative estimate of drug-likeness (QED) is 0.390. The Labute approximate surface area is 201 Å². The molecule has 7 nitrogen and oxygen atoms in total. The number of methoxy groups -OCH3 is 2. The molecule has 0 bridgehead atoms. The Balaban J connectivity index is 1.74. The molecule has 2 aromatic heterocycles. The summed E-state index contributed by atoms with van der Waals surface area (Å²) in [5.74, 6) is -3.45. The third-order valence-corrected chi connectivity index (χ3v) is 5.79. The number of ether oxygens (including phenoxy) is 2. The summed E-state index contributed by atoms with van der Waals surface area (Å²) >= 11 is 0. The molecule has 0 radical (unpaired) electrons. The van der Waals surface area contributed by atoms with Crippen LogP contribution in [0, 0.1) is 0 Å². The second-order valence-electron chi connectivity index (χ2n) is 8.29. The number of pyridine rings is 1. The fraction of sp³-hybridized carbons (Fsp3) is 0.269. The van der Waals surface area contributed by atoms with Crippen molar-refractivity contribution < 1.29 is 23.0 Å². The molecule has 2 heterocycles. The standard InChI is InChI=1S/C26H26F2N4O3/c1-16(30-25(33)26(2,27)28)24(18-7-11-20(35-4)12-8-18)32-23-14-13-21(31-22(23)15-29-32)17-5-9-19(34-3)10-6-17/h5-16,24H,1-4H3,(H,30,33)/t16-,24-/m0/s1. The van der Waals surface area contributed by atoms with Gasteiger partial charge in [-0.25, -0.2) is 4.98 Å². The van der Waals surface area contributed by atoms with Gasteiger partial charge in [-0.2, -0.15) is 13.9 Å². The zero-order chi connectivity index (χ0) is 25.2. The summed E-state index contributed by atoms with van der Waals surface area (Å²) in [6.07, 6.45) is 1.63. The Morgan fingerprint density at radius 2 is 1.57 bits per heavy atom. The molecule has 4 aromatic rings. The molecule has 0 unspecified atom stereocenters. The average Bonchev–Trinajstić information content (AvgIpc) is 3.27. The molecule has 1 amide bonds. The number of halogens is 2. The number of nitrogens with zero attached hydrogens (tertiary/aromatic N) is 3. The second kappa shape index (κ2) is 9.69. The lowest BCUT2D eigenvalue weighted by molar-refractivity contribution is -0.143. The first-order chi connectivity index (χ1) is 16.7. The van der Waals surface area contributed by atoms with Gasteiger partial charge in [0, 0.05) is 12.5 Å². The number of nitrogens with one attached hydrogen (secondary N) is 1. The molecule has 0 aliphatic rings. The number of hydrogen-bond donors (Lipinski definition) is 1. The van der Waals surface area contributed by atoms with Gasteiger partial charge in [-0.05, 0) is 61.0 Å². The molecule has 0 saturated carbocycles. The van der Waals surface area contributed by atoms with Gasteiger partial charge < -0.3 is 14.8 Å². The molecular weight excluding hydrogens is 454 g/mol. The number of benzene rings is 2. The summed E-state index contributed by atoms with van der Waals surface area (Å²) in [7, 11) is 3.17. The molecule has 182 valence electrons. The largest absolute Gasteiger partial charge is 0.497 e. The fourth-order valence-corrected chi connectivity index (χ4v) is 3.93. The number of fused-ring (bicyclic) bond motifs is 1. The highest BCUT2D eigenvalue weighted by molar-refractivity contribution is 5.83. The number of carbonyl (C=O) groups is 1. The molecule has 4 rings (SSSR count). The SMILES string of the molecule is COc1ccc(-c2ccc3c(cnn3[C@H](c3ccc(OC)cc3)[C@H](C)NC(=O)C(C)(F)F)n2)cc1. The normalized spacial score (nSPS) is 13.3. The number of amides is 1. The highest BCUT2D eigenvalue weighted by Crippen LogP contribution is 2.30. The maximum atomic E-state index is 13.6. The molecule has 9 heteroatoms. The molecule has 35 heavy (non-hydrogen) atoms. The zero-order valence-corrected chi connectivity index (χ0v) is 19.8. The van der Waals surface area contributed by atoms with Crippen LogP contribution >= 0.6 is 0 Å². The van der Waals surface area contributed by atoms with Crippen LogP contribution in [0.15, 0.2) is 66.9 Å². The Hall–Kier alpha value is -4.01. The highest BCUT2D eigenvalue weighted by atomic mass is 19.3. The van der Waals surface area contributed by atoms with Crippen LogP contribution in [0.4, 0.5) is 8.78 Å². The minimum Gasteiger partial charge on any atom is -0.497 e. The monoisotopic (exact) mass is 480 g/mol. The number of alkyl halides is 2. The predicted molar refractivity (Wildman–Crippen MR) is 129 cm³/mol. The lowest BCUT2D eigenvalue weighted by Crippen LogP contribution is -2.46. The zero-order valence-electron chi connectivity index (χ0n) is 19.8. The van der Waals surface area contributed by atoms with Crippen molar-refractivity contribution in [1.29, 1.82) is 0 Å². The summed E-state index contributed by atoms with van der Waals surface area (Å²) < 4.78 is 39.4. The van der Waals surface area contributed by atoms with Crippen molar-refractivity contribution in [2.45, 2.75) is 31.9 Å². The lowest BCUT2D eigenvalue weighted by atomic mass is 9.99. The second-order valence-corrected chi connectivity index (χ2v) is 8.29. The van der Waals surface area contributed by atoms with Crippen molar-refractivity contribution in [1.82, 2.24) is 20.1 Å². The van der Waals surface area contributed by atoms with Gasteiger partial charge in [0.2, 0.25) is 0 Å². The summed E-state index contributed by atoms with van der Waals surface area (Å²) in [6.45, 7) is 2.25. The van der Waals surface area contributed by atoms with Crippen LogP contribution in [0.3, 0.4) is 0 Å². The van der Waals surface area contributed by atoms with Crippen LogP contribution in [-0.2, 0) is 4.79 Å². The van der Waals surface area contributed by atoms with Gasteiger partial charge in [-0.15, -0.1) is 0 Å². The molecular formula is C26H26F2N4O3. The molecule has 2 atom stereocenters. The van der Waals surface area contributed by atoms with Crippen LogP contribution < -0.4 is 14.8 Å². The smallest absolute Gasteiger partial charge is 0.321 e. The van der Waals surface area contributed by atoms with Crippen molar-refractivity contribution in [3.63, 3.8) is 0 Å². The van der Waals surface area contributed by atoms with Crippen molar-refractivity contribution in [3.05, 3.63) is 72.4 Å². The number of aromatic nitrogens is 3. The van der Waals surface area contributed by atoms with Crippen LogP contribution in [-0.4, -0.2) is 46.9 Å². The Morgan fingerprint density at radius 1 is 0.971 bits per heavy atom. The minimum absolute atomic E-state index is 0.571. The van der Waals surface area contributed by atoms with Gasteiger partial charge in [-0.3, -0.25) is 9.48 Å². The van der Waals surface area contributed by atoms with E-state index in [9.17, 15) is 13.6 Å². The number of rotatable bonds is 8. The van der Waals surface area contributed by atoms with Crippen molar-refractivity contribution in [2.75, 3.05) is 14.2 Å². The molecule has 0 saturated heterocycles. The van der Waals surface area contributed by atoms with E-state index in [4.69, 9.17) is 14.5 Å². The summed E-state index contributed by atoms with van der Waals surface area (Å²) in [6, 6.07) is 17.2. The molecule has 0 aliphatic carbocycles. The van der Waals surface area contributed by atoms with Gasteiger partial charge in [0.1, 0.15) is 17.0 Å². The summed E-state index contributed by atoms with van der Waals surface area (Å²) in [5.41, 5.74) is 3.77. The molecule has 0 fully saturated rings. The Bertz CT molecular complexity index is 1320. The highest BCUT2D eigenvalue weighted by Gasteiger charge is 2.35. The first-order valence-electron chi connectivity index (χ1n) is 11.0. The third kappa shape index (κ3) is 5.08. The van der Waals surface area contributed by atoms with Crippen molar-refractivity contribution in [2.24, 2.45) is 0 Å². The van der Waals surface area contributed by atoms with Crippen molar-refractivity contribution >= 4 is 16.9 Å². The van der Waals surface area contributed by atoms with Crippen LogP contribution in [0.2, 0.25) is 0 Å². The minimum atomic E-state index is -3.50. The van der Waals surface area contributed by atoms with E-state index < -0.39 is 23.9 Å². The topological polar surface area (TPSA) is 78.3 Å². The van der Waals surface area contributed by atoms with Gasteiger partial charge in [-0.1, -0.05) is 12.1 Å². The summed E-state index contributed by atoms with van der Waals surface area (Å²) in [4.78, 5) is 16.8. The van der Waals surface area contributed by atoms with E-state index in [1.54, 1.807) is 44.2 Å².